The molecule has 11 heavy (non-hydrogen) atoms. The fourth-order valence-electron chi connectivity index (χ4n) is 1.81. The summed E-state index contributed by atoms with van der Waals surface area (Å²) in [5.41, 5.74) is 0.534. The van der Waals surface area contributed by atoms with Crippen LogP contribution in [-0.2, 0) is 0 Å². The molecule has 0 aliphatic carbocycles. The number of hydrogen-bond donors (Lipinski definition) is 0. The normalized spacial score (nSPS) is 12.5. The largest absolute Gasteiger partial charge is 0.0628 e. The molecule has 0 saturated carbocycles. The molecule has 0 fully saturated rings. The van der Waals surface area contributed by atoms with Crippen molar-refractivity contribution in [3.63, 3.8) is 0 Å². The maximum absolute atomic E-state index is 3.87. The van der Waals surface area contributed by atoms with Crippen molar-refractivity contribution in [3.8, 4) is 0 Å². The second-order valence-corrected chi connectivity index (χ2v) is 4.72. The first-order valence-electron chi connectivity index (χ1n) is 4.77. The molecule has 0 spiro atoms. The van der Waals surface area contributed by atoms with Gasteiger partial charge in [0, 0.05) is 0 Å². The van der Waals surface area contributed by atoms with Gasteiger partial charge >= 0.3 is 0 Å². The highest BCUT2D eigenvalue weighted by Crippen LogP contribution is 2.30. The van der Waals surface area contributed by atoms with Gasteiger partial charge in [-0.05, 0) is 24.2 Å². The molecular formula is C11H23. The molecule has 0 rings (SSSR count). The summed E-state index contributed by atoms with van der Waals surface area (Å²) < 4.78 is 0. The lowest BCUT2D eigenvalue weighted by molar-refractivity contribution is 0.260. The summed E-state index contributed by atoms with van der Waals surface area (Å²) in [5, 5.41) is 0. The highest BCUT2D eigenvalue weighted by Gasteiger charge is 2.17. The molecule has 0 N–H and O–H groups in total. The summed E-state index contributed by atoms with van der Waals surface area (Å²) in [6, 6.07) is 0. The van der Waals surface area contributed by atoms with E-state index in [1.54, 1.807) is 0 Å². The van der Waals surface area contributed by atoms with Crippen LogP contribution in [0.1, 0.15) is 53.4 Å². The molecule has 0 bridgehead atoms. The minimum atomic E-state index is 0.534. The lowest BCUT2D eigenvalue weighted by Gasteiger charge is -2.26. The third-order valence-electron chi connectivity index (χ3n) is 2.06. The molecule has 0 aromatic heterocycles. The fraction of sp³-hybridized carbons (Fsp3) is 0.909. The van der Waals surface area contributed by atoms with Gasteiger partial charge in [-0.3, -0.25) is 0 Å². The van der Waals surface area contributed by atoms with Gasteiger partial charge in [-0.2, -0.15) is 0 Å². The van der Waals surface area contributed by atoms with E-state index in [9.17, 15) is 0 Å². The zero-order valence-corrected chi connectivity index (χ0v) is 8.61. The molecule has 0 aliphatic heterocycles. The smallest absolute Gasteiger partial charge is 0.0352 e. The van der Waals surface area contributed by atoms with E-state index in [0.29, 0.717) is 5.41 Å². The fourth-order valence-corrected chi connectivity index (χ4v) is 1.81. The molecular weight excluding hydrogens is 132 g/mol. The van der Waals surface area contributed by atoms with Gasteiger partial charge in [0.15, 0.2) is 0 Å². The SMILES string of the molecule is [CH2]CCCC(C)(C)CC(C)C. The Labute approximate surface area is 72.4 Å². The van der Waals surface area contributed by atoms with E-state index in [-0.39, 0.29) is 0 Å². The maximum atomic E-state index is 3.87. The van der Waals surface area contributed by atoms with E-state index in [2.05, 4.69) is 34.6 Å². The van der Waals surface area contributed by atoms with Crippen LogP contribution in [0.5, 0.6) is 0 Å². The Morgan fingerprint density at radius 2 is 1.82 bits per heavy atom. The molecule has 0 aromatic carbocycles. The van der Waals surface area contributed by atoms with Gasteiger partial charge in [0.1, 0.15) is 0 Å². The second-order valence-electron chi connectivity index (χ2n) is 4.72. The van der Waals surface area contributed by atoms with E-state index in [1.807, 2.05) is 0 Å². The topological polar surface area (TPSA) is 0 Å². The van der Waals surface area contributed by atoms with Crippen LogP contribution < -0.4 is 0 Å². The minimum absolute atomic E-state index is 0.534. The molecule has 0 heteroatoms. The summed E-state index contributed by atoms with van der Waals surface area (Å²) in [6.07, 6.45) is 5.03. The Kier molecular flexibility index (Phi) is 4.79. The second kappa shape index (κ2) is 4.79. The Bertz CT molecular complexity index is 90.2. The van der Waals surface area contributed by atoms with Crippen LogP contribution in [0, 0.1) is 18.3 Å². The predicted molar refractivity (Wildman–Crippen MR) is 52.4 cm³/mol. The lowest BCUT2D eigenvalue weighted by Crippen LogP contribution is -2.14. The van der Waals surface area contributed by atoms with Crippen LogP contribution in [0.15, 0.2) is 0 Å². The van der Waals surface area contributed by atoms with Crippen molar-refractivity contribution < 1.29 is 0 Å². The van der Waals surface area contributed by atoms with E-state index < -0.39 is 0 Å². The Hall–Kier alpha value is 0. The van der Waals surface area contributed by atoms with Crippen molar-refractivity contribution in [2.45, 2.75) is 53.4 Å². The van der Waals surface area contributed by atoms with Crippen molar-refractivity contribution in [2.75, 3.05) is 0 Å². The molecule has 0 unspecified atom stereocenters. The van der Waals surface area contributed by atoms with E-state index >= 15 is 0 Å². The highest BCUT2D eigenvalue weighted by atomic mass is 14.2. The highest BCUT2D eigenvalue weighted by molar-refractivity contribution is 4.70. The van der Waals surface area contributed by atoms with E-state index in [1.165, 1.54) is 19.3 Å². The third-order valence-corrected chi connectivity index (χ3v) is 2.06. The van der Waals surface area contributed by atoms with Gasteiger partial charge in [0.05, 0.1) is 0 Å². The summed E-state index contributed by atoms with van der Waals surface area (Å²) in [6.45, 7) is 13.2. The van der Waals surface area contributed by atoms with Crippen molar-refractivity contribution in [2.24, 2.45) is 11.3 Å². The lowest BCUT2D eigenvalue weighted by atomic mass is 9.80. The zero-order valence-electron chi connectivity index (χ0n) is 8.61. The van der Waals surface area contributed by atoms with Crippen LogP contribution in [0.2, 0.25) is 0 Å². The average molecular weight is 155 g/mol. The molecule has 67 valence electrons. The number of rotatable bonds is 5. The molecule has 0 amide bonds. The molecule has 0 nitrogen and oxygen atoms in total. The Morgan fingerprint density at radius 1 is 1.27 bits per heavy atom. The first kappa shape index (κ1) is 11.0. The molecule has 0 aromatic rings. The third kappa shape index (κ3) is 6.40. The number of unbranched alkanes of at least 4 members (excludes halogenated alkanes) is 1. The first-order chi connectivity index (χ1) is 4.98. The maximum Gasteiger partial charge on any atom is -0.0352 e. The Balaban J connectivity index is 3.61. The quantitative estimate of drug-likeness (QED) is 0.561. The van der Waals surface area contributed by atoms with Crippen molar-refractivity contribution in [1.29, 1.82) is 0 Å². The molecule has 1 radical (unpaired) electrons. The average Bonchev–Trinajstić information content (AvgIpc) is 1.81. The first-order valence-corrected chi connectivity index (χ1v) is 4.77. The predicted octanol–water partition coefficient (Wildman–Crippen LogP) is 4.06. The van der Waals surface area contributed by atoms with Gasteiger partial charge in [0.2, 0.25) is 0 Å². The summed E-state index contributed by atoms with van der Waals surface area (Å²) >= 11 is 0. The zero-order chi connectivity index (χ0) is 8.91. The van der Waals surface area contributed by atoms with Crippen LogP contribution in [0.4, 0.5) is 0 Å². The van der Waals surface area contributed by atoms with Crippen LogP contribution in [-0.4, -0.2) is 0 Å². The number of hydrogen-bond acceptors (Lipinski definition) is 0. The van der Waals surface area contributed by atoms with Gasteiger partial charge in [-0.15, -0.1) is 0 Å². The van der Waals surface area contributed by atoms with Gasteiger partial charge < -0.3 is 0 Å². The van der Waals surface area contributed by atoms with Crippen molar-refractivity contribution in [1.82, 2.24) is 0 Å². The van der Waals surface area contributed by atoms with Crippen LogP contribution >= 0.6 is 0 Å². The van der Waals surface area contributed by atoms with E-state index in [0.717, 1.165) is 12.3 Å². The minimum Gasteiger partial charge on any atom is -0.0628 e. The van der Waals surface area contributed by atoms with Gasteiger partial charge in [0.25, 0.3) is 0 Å². The van der Waals surface area contributed by atoms with Gasteiger partial charge in [-0.1, -0.05) is 47.5 Å². The van der Waals surface area contributed by atoms with Crippen LogP contribution in [0.25, 0.3) is 0 Å². The van der Waals surface area contributed by atoms with Crippen LogP contribution in [0.3, 0.4) is 0 Å². The monoisotopic (exact) mass is 155 g/mol. The summed E-state index contributed by atoms with van der Waals surface area (Å²) in [5.74, 6) is 0.829. The Morgan fingerprint density at radius 3 is 2.18 bits per heavy atom. The molecule has 0 aliphatic rings. The standard InChI is InChI=1S/C11H23/c1-6-7-8-11(4,5)9-10(2)3/h10H,1,6-9H2,2-5H3. The van der Waals surface area contributed by atoms with Crippen molar-refractivity contribution in [3.05, 3.63) is 6.92 Å². The summed E-state index contributed by atoms with van der Waals surface area (Å²) in [7, 11) is 0. The van der Waals surface area contributed by atoms with Crippen molar-refractivity contribution >= 4 is 0 Å². The molecule has 0 atom stereocenters. The van der Waals surface area contributed by atoms with Gasteiger partial charge in [-0.25, -0.2) is 0 Å². The van der Waals surface area contributed by atoms with E-state index in [4.69, 9.17) is 0 Å². The molecule has 0 heterocycles. The summed E-state index contributed by atoms with van der Waals surface area (Å²) in [4.78, 5) is 0. The molecule has 0 saturated heterocycles.